The summed E-state index contributed by atoms with van der Waals surface area (Å²) in [6, 6.07) is 6.11. The van der Waals surface area contributed by atoms with Gasteiger partial charge < -0.3 is 19.7 Å². The van der Waals surface area contributed by atoms with E-state index in [-0.39, 0.29) is 24.8 Å². The highest BCUT2D eigenvalue weighted by molar-refractivity contribution is 5.85. The second kappa shape index (κ2) is 14.9. The Balaban J connectivity index is 0. The zero-order chi connectivity index (χ0) is 15.5. The van der Waals surface area contributed by atoms with Crippen molar-refractivity contribution in [2.75, 3.05) is 39.9 Å². The summed E-state index contributed by atoms with van der Waals surface area (Å²) in [4.78, 5) is 2.45. The maximum Gasteiger partial charge on any atom is 0.161 e. The van der Waals surface area contributed by atoms with Crippen LogP contribution in [0.2, 0.25) is 0 Å². The molecule has 0 saturated heterocycles. The summed E-state index contributed by atoms with van der Waals surface area (Å²) in [7, 11) is 1.67. The van der Waals surface area contributed by atoms with Crippen LogP contribution in [0.3, 0.4) is 0 Å². The number of ether oxygens (including phenoxy) is 2. The number of benzene rings is 1. The predicted molar refractivity (Wildman–Crippen MR) is 103 cm³/mol. The van der Waals surface area contributed by atoms with E-state index < -0.39 is 0 Å². The Morgan fingerprint density at radius 3 is 2.30 bits per heavy atom. The van der Waals surface area contributed by atoms with Crippen LogP contribution >= 0.6 is 24.8 Å². The van der Waals surface area contributed by atoms with Crippen molar-refractivity contribution in [3.8, 4) is 11.5 Å². The van der Waals surface area contributed by atoms with Crippen LogP contribution in [-0.2, 0) is 6.54 Å². The average Bonchev–Trinajstić information content (AvgIpc) is 2.51. The fourth-order valence-corrected chi connectivity index (χ4v) is 2.30. The molecule has 0 radical (unpaired) electrons. The van der Waals surface area contributed by atoms with Gasteiger partial charge in [-0.15, -0.1) is 24.8 Å². The van der Waals surface area contributed by atoms with Gasteiger partial charge in [-0.05, 0) is 57.2 Å². The van der Waals surface area contributed by atoms with E-state index in [1.807, 2.05) is 13.0 Å². The van der Waals surface area contributed by atoms with Gasteiger partial charge in [-0.3, -0.25) is 0 Å². The molecule has 0 atom stereocenters. The summed E-state index contributed by atoms with van der Waals surface area (Å²) in [5.74, 6) is 1.62. The number of hydrogen-bond acceptors (Lipinski definition) is 4. The van der Waals surface area contributed by atoms with E-state index in [0.717, 1.165) is 44.2 Å². The highest BCUT2D eigenvalue weighted by atomic mass is 35.5. The van der Waals surface area contributed by atoms with Crippen LogP contribution in [0.1, 0.15) is 32.8 Å². The minimum atomic E-state index is 0. The molecule has 0 spiro atoms. The topological polar surface area (TPSA) is 33.7 Å². The van der Waals surface area contributed by atoms with E-state index in [1.165, 1.54) is 12.0 Å². The second-order valence-electron chi connectivity index (χ2n) is 4.98. The molecule has 0 aliphatic heterocycles. The fraction of sp³-hybridized carbons (Fsp3) is 0.647. The Hall–Kier alpha value is -0.680. The van der Waals surface area contributed by atoms with Crippen molar-refractivity contribution in [2.24, 2.45) is 0 Å². The summed E-state index contributed by atoms with van der Waals surface area (Å²) in [5, 5.41) is 3.49. The molecule has 0 saturated carbocycles. The van der Waals surface area contributed by atoms with Gasteiger partial charge in [0, 0.05) is 6.54 Å². The lowest BCUT2D eigenvalue weighted by Gasteiger charge is -2.17. The molecule has 0 bridgehead atoms. The molecule has 4 nitrogen and oxygen atoms in total. The Morgan fingerprint density at radius 2 is 1.74 bits per heavy atom. The summed E-state index contributed by atoms with van der Waals surface area (Å²) in [6.07, 6.45) is 1.18. The number of nitrogens with zero attached hydrogens (tertiary/aromatic N) is 1. The van der Waals surface area contributed by atoms with Gasteiger partial charge in [0.15, 0.2) is 11.5 Å². The van der Waals surface area contributed by atoms with Crippen LogP contribution in [0, 0.1) is 0 Å². The highest BCUT2D eigenvalue weighted by Gasteiger charge is 2.05. The molecular weight excluding hydrogens is 335 g/mol. The summed E-state index contributed by atoms with van der Waals surface area (Å²) in [6.45, 7) is 12.4. The molecule has 0 unspecified atom stereocenters. The molecule has 136 valence electrons. The van der Waals surface area contributed by atoms with E-state index in [4.69, 9.17) is 9.47 Å². The molecule has 23 heavy (non-hydrogen) atoms. The minimum Gasteiger partial charge on any atom is -0.493 e. The standard InChI is InChI=1S/C17H30N2O2.2ClH/c1-5-19(6-2)12-8-11-18-14-15-9-10-16(20-4)17(13-15)21-7-3;;/h9-10,13,18H,5-8,11-12,14H2,1-4H3;2*1H. The van der Waals surface area contributed by atoms with Gasteiger partial charge in [-0.1, -0.05) is 19.9 Å². The molecule has 0 heterocycles. The van der Waals surface area contributed by atoms with Crippen molar-refractivity contribution in [3.63, 3.8) is 0 Å². The zero-order valence-corrected chi connectivity index (χ0v) is 16.4. The first-order valence-corrected chi connectivity index (χ1v) is 7.97. The van der Waals surface area contributed by atoms with Gasteiger partial charge in [0.1, 0.15) is 0 Å². The highest BCUT2D eigenvalue weighted by Crippen LogP contribution is 2.27. The fourth-order valence-electron chi connectivity index (χ4n) is 2.30. The van der Waals surface area contributed by atoms with Crippen molar-refractivity contribution in [2.45, 2.75) is 33.7 Å². The monoisotopic (exact) mass is 366 g/mol. The first kappa shape index (κ1) is 24.6. The average molecular weight is 367 g/mol. The third-order valence-electron chi connectivity index (χ3n) is 3.58. The smallest absolute Gasteiger partial charge is 0.161 e. The van der Waals surface area contributed by atoms with Gasteiger partial charge >= 0.3 is 0 Å². The Kier molecular flexibility index (Phi) is 15.9. The van der Waals surface area contributed by atoms with Gasteiger partial charge in [0.25, 0.3) is 0 Å². The van der Waals surface area contributed by atoms with Gasteiger partial charge in [-0.25, -0.2) is 0 Å². The normalized spacial score (nSPS) is 9.96. The third kappa shape index (κ3) is 9.26. The Morgan fingerprint density at radius 1 is 1.04 bits per heavy atom. The van der Waals surface area contributed by atoms with Crippen LogP contribution < -0.4 is 14.8 Å². The first-order chi connectivity index (χ1) is 10.2. The largest absolute Gasteiger partial charge is 0.493 e. The van der Waals surface area contributed by atoms with Gasteiger partial charge in [0.05, 0.1) is 13.7 Å². The Labute approximate surface area is 153 Å². The van der Waals surface area contributed by atoms with Crippen LogP contribution in [0.15, 0.2) is 18.2 Å². The quantitative estimate of drug-likeness (QED) is 0.604. The molecule has 1 rings (SSSR count). The van der Waals surface area contributed by atoms with E-state index in [9.17, 15) is 0 Å². The molecule has 1 N–H and O–H groups in total. The molecule has 0 amide bonds. The number of rotatable bonds is 11. The number of methoxy groups -OCH3 is 1. The lowest BCUT2D eigenvalue weighted by atomic mass is 10.2. The maximum absolute atomic E-state index is 5.60. The molecular formula is C17H32Cl2N2O2. The molecule has 0 aliphatic carbocycles. The minimum absolute atomic E-state index is 0. The second-order valence-corrected chi connectivity index (χ2v) is 4.98. The Bertz CT molecular complexity index is 402. The van der Waals surface area contributed by atoms with Crippen LogP contribution in [-0.4, -0.2) is 44.8 Å². The van der Waals surface area contributed by atoms with E-state index in [0.29, 0.717) is 6.61 Å². The molecule has 0 aromatic heterocycles. The molecule has 0 aliphatic rings. The van der Waals surface area contributed by atoms with Crippen molar-refractivity contribution in [1.29, 1.82) is 0 Å². The van der Waals surface area contributed by atoms with Gasteiger partial charge in [0.2, 0.25) is 0 Å². The van der Waals surface area contributed by atoms with E-state index in [2.05, 4.69) is 36.2 Å². The summed E-state index contributed by atoms with van der Waals surface area (Å²) in [5.41, 5.74) is 1.22. The molecule has 1 aromatic rings. The predicted octanol–water partition coefficient (Wildman–Crippen LogP) is 3.76. The van der Waals surface area contributed by atoms with Crippen LogP contribution in [0.5, 0.6) is 11.5 Å². The number of halogens is 2. The van der Waals surface area contributed by atoms with Crippen LogP contribution in [0.25, 0.3) is 0 Å². The molecule has 6 heteroatoms. The summed E-state index contributed by atoms with van der Waals surface area (Å²) < 4.78 is 10.9. The number of nitrogens with one attached hydrogen (secondary N) is 1. The van der Waals surface area contributed by atoms with E-state index in [1.54, 1.807) is 7.11 Å². The van der Waals surface area contributed by atoms with Crippen molar-refractivity contribution in [3.05, 3.63) is 23.8 Å². The van der Waals surface area contributed by atoms with E-state index >= 15 is 0 Å². The first-order valence-electron chi connectivity index (χ1n) is 7.97. The molecule has 1 aromatic carbocycles. The number of hydrogen-bond donors (Lipinski definition) is 1. The lowest BCUT2D eigenvalue weighted by Crippen LogP contribution is -2.27. The van der Waals surface area contributed by atoms with Crippen LogP contribution in [0.4, 0.5) is 0 Å². The SMILES string of the molecule is CCOc1cc(CNCCCN(CC)CC)ccc1OC.Cl.Cl. The molecule has 0 fully saturated rings. The lowest BCUT2D eigenvalue weighted by molar-refractivity contribution is 0.298. The zero-order valence-electron chi connectivity index (χ0n) is 14.8. The van der Waals surface area contributed by atoms with Gasteiger partial charge in [-0.2, -0.15) is 0 Å². The van der Waals surface area contributed by atoms with Crippen molar-refractivity contribution in [1.82, 2.24) is 10.2 Å². The summed E-state index contributed by atoms with van der Waals surface area (Å²) >= 11 is 0. The maximum atomic E-state index is 5.60. The van der Waals surface area contributed by atoms with Crippen molar-refractivity contribution >= 4 is 24.8 Å². The third-order valence-corrected chi connectivity index (χ3v) is 3.58. The van der Waals surface area contributed by atoms with Crippen molar-refractivity contribution < 1.29 is 9.47 Å².